The molecule has 25 heavy (non-hydrogen) atoms. The van der Waals surface area contributed by atoms with Gasteiger partial charge in [0.25, 0.3) is 0 Å². The molecule has 3 aromatic rings. The number of nitrogens with one attached hydrogen (secondary N) is 1. The molecule has 3 heterocycles. The average Bonchev–Trinajstić information content (AvgIpc) is 3.20. The number of aromatic nitrogens is 3. The molecular formula is C14H12ClN5O3S2. The molecule has 0 aliphatic heterocycles. The zero-order chi connectivity index (χ0) is 18.1. The molecule has 1 N–H and O–H groups in total. The van der Waals surface area contributed by atoms with E-state index >= 15 is 0 Å². The Morgan fingerprint density at radius 2 is 2.20 bits per heavy atom. The molecule has 0 fully saturated rings. The van der Waals surface area contributed by atoms with Crippen LogP contribution in [-0.2, 0) is 11.3 Å². The molecule has 3 aromatic heterocycles. The second-order valence-corrected chi connectivity index (χ2v) is 7.70. The van der Waals surface area contributed by atoms with Gasteiger partial charge in [-0.15, -0.1) is 22.7 Å². The Balaban J connectivity index is 1.70. The molecule has 3 rings (SSSR count). The van der Waals surface area contributed by atoms with Crippen LogP contribution < -0.4 is 5.32 Å². The smallest absolute Gasteiger partial charge is 0.300 e. The molecule has 1 amide bonds. The number of hydrogen-bond acceptors (Lipinski definition) is 7. The maximum absolute atomic E-state index is 12.2. The van der Waals surface area contributed by atoms with Crippen LogP contribution in [0.1, 0.15) is 11.4 Å². The first kappa shape index (κ1) is 17.5. The van der Waals surface area contributed by atoms with Crippen LogP contribution in [0.5, 0.6) is 0 Å². The zero-order valence-electron chi connectivity index (χ0n) is 13.1. The van der Waals surface area contributed by atoms with Gasteiger partial charge in [-0.05, 0) is 26.0 Å². The Morgan fingerprint density at radius 3 is 2.80 bits per heavy atom. The van der Waals surface area contributed by atoms with E-state index in [2.05, 4.69) is 15.4 Å². The molecule has 0 aromatic carbocycles. The number of carbonyl (C=O) groups excluding carboxylic acids is 1. The molecular weight excluding hydrogens is 386 g/mol. The molecule has 0 bridgehead atoms. The van der Waals surface area contributed by atoms with E-state index in [4.69, 9.17) is 11.6 Å². The third-order valence-corrected chi connectivity index (χ3v) is 5.41. The molecule has 0 saturated carbocycles. The molecule has 8 nitrogen and oxygen atoms in total. The summed E-state index contributed by atoms with van der Waals surface area (Å²) in [5.41, 5.74) is 1.28. The lowest BCUT2D eigenvalue weighted by atomic mass is 10.3. The standard InChI is InChI=1S/C14H12ClN5O3S2/c1-7-13(20(22)23)8(2)19(18-7)5-12(21)17-14-16-9(6-24-14)10-3-4-11(15)25-10/h3-4,6H,5H2,1-2H3,(H,16,17,21). The Kier molecular flexibility index (Phi) is 4.84. The van der Waals surface area contributed by atoms with E-state index in [1.807, 2.05) is 11.4 Å². The predicted octanol–water partition coefficient (Wildman–Crippen LogP) is 3.89. The molecule has 0 aliphatic rings. The summed E-state index contributed by atoms with van der Waals surface area (Å²) < 4.78 is 1.98. The van der Waals surface area contributed by atoms with Crippen molar-refractivity contribution in [1.82, 2.24) is 14.8 Å². The molecule has 0 spiro atoms. The van der Waals surface area contributed by atoms with E-state index in [-0.39, 0.29) is 23.8 Å². The molecule has 0 radical (unpaired) electrons. The summed E-state index contributed by atoms with van der Waals surface area (Å²) in [7, 11) is 0. The highest BCUT2D eigenvalue weighted by molar-refractivity contribution is 7.20. The number of hydrogen-bond donors (Lipinski definition) is 1. The van der Waals surface area contributed by atoms with Gasteiger partial charge in [-0.3, -0.25) is 19.6 Å². The monoisotopic (exact) mass is 397 g/mol. The first-order valence-corrected chi connectivity index (χ1v) is 9.12. The lowest BCUT2D eigenvalue weighted by molar-refractivity contribution is -0.386. The van der Waals surface area contributed by atoms with Crippen molar-refractivity contribution in [2.75, 3.05) is 5.32 Å². The number of nitrogens with zero attached hydrogens (tertiary/aromatic N) is 4. The first-order chi connectivity index (χ1) is 11.8. The van der Waals surface area contributed by atoms with Gasteiger partial charge in [0.15, 0.2) is 5.13 Å². The summed E-state index contributed by atoms with van der Waals surface area (Å²) in [6.45, 7) is 2.98. The third-order valence-electron chi connectivity index (χ3n) is 3.40. The highest BCUT2D eigenvalue weighted by Gasteiger charge is 2.23. The molecule has 0 saturated heterocycles. The number of carbonyl (C=O) groups is 1. The fraction of sp³-hybridized carbons (Fsp3) is 0.214. The number of thiazole rings is 1. The van der Waals surface area contributed by atoms with Crippen LogP contribution in [0.2, 0.25) is 4.34 Å². The van der Waals surface area contributed by atoms with Gasteiger partial charge in [-0.25, -0.2) is 4.98 Å². The SMILES string of the molecule is Cc1nn(CC(=O)Nc2nc(-c3ccc(Cl)s3)cs2)c(C)c1[N+](=O)[O-]. The van der Waals surface area contributed by atoms with Crippen molar-refractivity contribution in [3.05, 3.63) is 43.4 Å². The van der Waals surface area contributed by atoms with E-state index in [0.717, 1.165) is 10.6 Å². The van der Waals surface area contributed by atoms with Crippen LogP contribution in [0.4, 0.5) is 10.8 Å². The summed E-state index contributed by atoms with van der Waals surface area (Å²) in [5.74, 6) is -0.356. The van der Waals surface area contributed by atoms with Crippen molar-refractivity contribution in [2.45, 2.75) is 20.4 Å². The van der Waals surface area contributed by atoms with Crippen LogP contribution in [0.3, 0.4) is 0 Å². The van der Waals surface area contributed by atoms with Crippen molar-refractivity contribution in [1.29, 1.82) is 0 Å². The van der Waals surface area contributed by atoms with Gasteiger partial charge in [-0.2, -0.15) is 5.10 Å². The highest BCUT2D eigenvalue weighted by atomic mass is 35.5. The Hall–Kier alpha value is -2.30. The lowest BCUT2D eigenvalue weighted by Crippen LogP contribution is -2.20. The topological polar surface area (TPSA) is 103 Å². The molecule has 11 heteroatoms. The number of anilines is 1. The Morgan fingerprint density at radius 1 is 1.44 bits per heavy atom. The van der Waals surface area contributed by atoms with Gasteiger partial charge < -0.3 is 5.32 Å². The fourth-order valence-electron chi connectivity index (χ4n) is 2.30. The molecule has 130 valence electrons. The van der Waals surface area contributed by atoms with Crippen molar-refractivity contribution >= 4 is 51.0 Å². The van der Waals surface area contributed by atoms with Crippen molar-refractivity contribution in [3.63, 3.8) is 0 Å². The molecule has 0 unspecified atom stereocenters. The fourth-order valence-corrected chi connectivity index (χ4v) is 4.10. The highest BCUT2D eigenvalue weighted by Crippen LogP contribution is 2.32. The van der Waals surface area contributed by atoms with Crippen LogP contribution in [0, 0.1) is 24.0 Å². The quantitative estimate of drug-likeness (QED) is 0.519. The summed E-state index contributed by atoms with van der Waals surface area (Å²) in [6.07, 6.45) is 0. The largest absolute Gasteiger partial charge is 0.312 e. The molecule has 0 aliphatic carbocycles. The normalized spacial score (nSPS) is 10.8. The van der Waals surface area contributed by atoms with E-state index in [1.54, 1.807) is 19.9 Å². The Labute approximate surface area is 155 Å². The summed E-state index contributed by atoms with van der Waals surface area (Å²) in [6, 6.07) is 3.65. The lowest BCUT2D eigenvalue weighted by Gasteiger charge is -2.03. The number of amides is 1. The maximum Gasteiger partial charge on any atom is 0.312 e. The van der Waals surface area contributed by atoms with E-state index in [1.165, 1.54) is 27.4 Å². The van der Waals surface area contributed by atoms with Crippen molar-refractivity contribution in [2.24, 2.45) is 0 Å². The maximum atomic E-state index is 12.2. The number of halogens is 1. The minimum atomic E-state index is -0.495. The van der Waals surface area contributed by atoms with Crippen LogP contribution >= 0.6 is 34.3 Å². The van der Waals surface area contributed by atoms with Crippen molar-refractivity contribution in [3.8, 4) is 10.6 Å². The van der Waals surface area contributed by atoms with Gasteiger partial charge in [0.2, 0.25) is 5.91 Å². The van der Waals surface area contributed by atoms with E-state index in [9.17, 15) is 14.9 Å². The average molecular weight is 398 g/mol. The van der Waals surface area contributed by atoms with Gasteiger partial charge in [0, 0.05) is 5.38 Å². The van der Waals surface area contributed by atoms with Gasteiger partial charge in [-0.1, -0.05) is 11.6 Å². The van der Waals surface area contributed by atoms with Crippen LogP contribution in [0.25, 0.3) is 10.6 Å². The zero-order valence-corrected chi connectivity index (χ0v) is 15.5. The number of thiophene rings is 1. The van der Waals surface area contributed by atoms with Gasteiger partial charge >= 0.3 is 5.69 Å². The van der Waals surface area contributed by atoms with E-state index in [0.29, 0.717) is 15.2 Å². The van der Waals surface area contributed by atoms with E-state index < -0.39 is 4.92 Å². The van der Waals surface area contributed by atoms with Crippen LogP contribution in [0.15, 0.2) is 17.5 Å². The number of nitro groups is 1. The van der Waals surface area contributed by atoms with Gasteiger partial charge in [0.05, 0.1) is 19.8 Å². The second-order valence-electron chi connectivity index (χ2n) is 5.12. The Bertz CT molecular complexity index is 962. The summed E-state index contributed by atoms with van der Waals surface area (Å²) >= 11 is 8.61. The summed E-state index contributed by atoms with van der Waals surface area (Å²) in [5, 5.41) is 20.0. The second kappa shape index (κ2) is 6.90. The van der Waals surface area contributed by atoms with Crippen LogP contribution in [-0.4, -0.2) is 25.6 Å². The van der Waals surface area contributed by atoms with Crippen molar-refractivity contribution < 1.29 is 9.72 Å². The minimum absolute atomic E-state index is 0.0705. The van der Waals surface area contributed by atoms with Gasteiger partial charge in [0.1, 0.15) is 17.9 Å². The molecule has 0 atom stereocenters. The third kappa shape index (κ3) is 3.70. The predicted molar refractivity (Wildman–Crippen MR) is 97.4 cm³/mol. The first-order valence-electron chi connectivity index (χ1n) is 7.04. The number of aryl methyl sites for hydroxylation is 1. The summed E-state index contributed by atoms with van der Waals surface area (Å²) in [4.78, 5) is 28.0. The minimum Gasteiger partial charge on any atom is -0.300 e. The number of rotatable bonds is 5.